The van der Waals surface area contributed by atoms with Crippen LogP contribution in [0, 0.1) is 0 Å². The molecule has 1 aliphatic rings. The van der Waals surface area contributed by atoms with Gasteiger partial charge in [-0.15, -0.1) is 0 Å². The van der Waals surface area contributed by atoms with Crippen LogP contribution in [0.1, 0.15) is 24.0 Å². The van der Waals surface area contributed by atoms with E-state index in [9.17, 15) is 15.0 Å². The van der Waals surface area contributed by atoms with Gasteiger partial charge in [-0.2, -0.15) is 0 Å². The molecule has 3 rings (SSSR count). The number of aliphatic hydroxyl groups excluding tert-OH is 1. The first-order valence-electron chi connectivity index (χ1n) is 10.1. The Morgan fingerprint density at radius 2 is 1.86 bits per heavy atom. The van der Waals surface area contributed by atoms with Gasteiger partial charge in [-0.25, -0.2) is 0 Å². The number of aliphatic hydroxyl groups is 2. The summed E-state index contributed by atoms with van der Waals surface area (Å²) in [7, 11) is 0. The van der Waals surface area contributed by atoms with E-state index in [0.717, 1.165) is 24.9 Å². The minimum atomic E-state index is -1.33. The third-order valence-electron chi connectivity index (χ3n) is 5.47. The fourth-order valence-corrected chi connectivity index (χ4v) is 3.83. The Morgan fingerprint density at radius 3 is 2.59 bits per heavy atom. The number of hydrogen-bond acceptors (Lipinski definition) is 4. The molecular formula is C23H29ClN2O3. The Labute approximate surface area is 177 Å². The Balaban J connectivity index is 1.47. The molecule has 1 fully saturated rings. The minimum Gasteiger partial charge on any atom is -0.390 e. The van der Waals surface area contributed by atoms with E-state index < -0.39 is 11.7 Å². The number of hydrogen-bond donors (Lipinski definition) is 3. The summed E-state index contributed by atoms with van der Waals surface area (Å²) in [5, 5.41) is 25.2. The number of aryl methyl sites for hydroxylation is 1. The number of β-amino-alcohol motifs (C(OH)–C–C–N with tert-alkyl or cyclic N) is 1. The molecule has 2 atom stereocenters. The van der Waals surface area contributed by atoms with E-state index in [-0.39, 0.29) is 25.4 Å². The summed E-state index contributed by atoms with van der Waals surface area (Å²) < 4.78 is 0. The second kappa shape index (κ2) is 10.2. The molecule has 0 spiro atoms. The number of carbonyl (C=O) groups is 1. The fraction of sp³-hybridized carbons (Fsp3) is 0.435. The molecule has 0 aromatic heterocycles. The largest absolute Gasteiger partial charge is 0.390 e. The summed E-state index contributed by atoms with van der Waals surface area (Å²) in [6.45, 7) is 1.58. The van der Waals surface area contributed by atoms with Crippen molar-refractivity contribution >= 4 is 17.5 Å². The third kappa shape index (κ3) is 6.28. The van der Waals surface area contributed by atoms with Gasteiger partial charge in [0.2, 0.25) is 5.91 Å². The van der Waals surface area contributed by atoms with Gasteiger partial charge in [0, 0.05) is 18.1 Å². The molecule has 1 heterocycles. The highest BCUT2D eigenvalue weighted by molar-refractivity contribution is 6.30. The smallest absolute Gasteiger partial charge is 0.227 e. The number of likely N-dealkylation sites (tertiary alicyclic amines) is 1. The van der Waals surface area contributed by atoms with Gasteiger partial charge in [0.1, 0.15) is 5.60 Å². The minimum absolute atomic E-state index is 0.0540. The number of halogens is 1. The van der Waals surface area contributed by atoms with E-state index in [2.05, 4.69) is 17.4 Å². The van der Waals surface area contributed by atoms with Crippen molar-refractivity contribution in [2.75, 3.05) is 26.2 Å². The van der Waals surface area contributed by atoms with Crippen molar-refractivity contribution in [1.82, 2.24) is 10.2 Å². The number of rotatable bonds is 8. The van der Waals surface area contributed by atoms with E-state index in [1.807, 2.05) is 30.3 Å². The molecule has 1 saturated heterocycles. The molecule has 2 aromatic rings. The molecule has 29 heavy (non-hydrogen) atoms. The summed E-state index contributed by atoms with van der Waals surface area (Å²) in [5.41, 5.74) is 0.832. The van der Waals surface area contributed by atoms with Gasteiger partial charge < -0.3 is 20.4 Å². The number of piperidine rings is 1. The van der Waals surface area contributed by atoms with Crippen LogP contribution in [0.5, 0.6) is 0 Å². The second-order valence-electron chi connectivity index (χ2n) is 7.79. The van der Waals surface area contributed by atoms with Gasteiger partial charge in [-0.1, -0.05) is 54.1 Å². The second-order valence-corrected chi connectivity index (χ2v) is 8.23. The lowest BCUT2D eigenvalue weighted by molar-refractivity contribution is -0.150. The van der Waals surface area contributed by atoms with Crippen molar-refractivity contribution < 1.29 is 15.0 Å². The van der Waals surface area contributed by atoms with E-state index in [1.54, 1.807) is 17.0 Å². The van der Waals surface area contributed by atoms with Crippen molar-refractivity contribution in [1.29, 1.82) is 0 Å². The monoisotopic (exact) mass is 416 g/mol. The Bertz CT molecular complexity index is 784. The van der Waals surface area contributed by atoms with Gasteiger partial charge >= 0.3 is 0 Å². The van der Waals surface area contributed by atoms with Crippen LogP contribution in [0.25, 0.3) is 0 Å². The SMILES string of the molecule is O=C(Cc1ccc(Cl)cc1)N1CC[C@H](O)[C@@](O)(CNCCCc2ccccc2)C1. The topological polar surface area (TPSA) is 72.8 Å². The summed E-state index contributed by atoms with van der Waals surface area (Å²) in [6, 6.07) is 17.4. The number of benzene rings is 2. The van der Waals surface area contributed by atoms with Crippen LogP contribution in [0.15, 0.2) is 54.6 Å². The molecule has 3 N–H and O–H groups in total. The quantitative estimate of drug-likeness (QED) is 0.578. The zero-order valence-electron chi connectivity index (χ0n) is 16.6. The molecule has 2 aromatic carbocycles. The highest BCUT2D eigenvalue weighted by Crippen LogP contribution is 2.22. The lowest BCUT2D eigenvalue weighted by atomic mass is 9.89. The van der Waals surface area contributed by atoms with Gasteiger partial charge in [0.15, 0.2) is 0 Å². The first kappa shape index (κ1) is 21.8. The molecule has 156 valence electrons. The van der Waals surface area contributed by atoms with E-state index in [1.165, 1.54) is 5.56 Å². The summed E-state index contributed by atoms with van der Waals surface area (Å²) >= 11 is 5.89. The van der Waals surface area contributed by atoms with Crippen LogP contribution in [-0.4, -0.2) is 58.9 Å². The van der Waals surface area contributed by atoms with E-state index in [4.69, 9.17) is 11.6 Å². The van der Waals surface area contributed by atoms with Gasteiger partial charge in [-0.05, 0) is 49.1 Å². The maximum Gasteiger partial charge on any atom is 0.227 e. The highest BCUT2D eigenvalue weighted by Gasteiger charge is 2.42. The Morgan fingerprint density at radius 1 is 1.14 bits per heavy atom. The van der Waals surface area contributed by atoms with Crippen LogP contribution >= 0.6 is 11.6 Å². The van der Waals surface area contributed by atoms with Crippen molar-refractivity contribution in [2.24, 2.45) is 0 Å². The van der Waals surface area contributed by atoms with Crippen molar-refractivity contribution in [3.05, 3.63) is 70.7 Å². The normalized spacial score (nSPS) is 21.9. The number of nitrogens with zero attached hydrogens (tertiary/aromatic N) is 1. The third-order valence-corrected chi connectivity index (χ3v) is 5.72. The van der Waals surface area contributed by atoms with Crippen LogP contribution in [0.2, 0.25) is 5.02 Å². The molecule has 0 bridgehead atoms. The first-order chi connectivity index (χ1) is 14.0. The first-order valence-corrected chi connectivity index (χ1v) is 10.5. The maximum atomic E-state index is 12.7. The number of amides is 1. The zero-order valence-corrected chi connectivity index (χ0v) is 17.3. The summed E-state index contributed by atoms with van der Waals surface area (Å²) in [5.74, 6) is -0.0540. The lowest BCUT2D eigenvalue weighted by Gasteiger charge is -2.43. The van der Waals surface area contributed by atoms with Gasteiger partial charge in [-0.3, -0.25) is 4.79 Å². The van der Waals surface area contributed by atoms with E-state index in [0.29, 0.717) is 18.0 Å². The molecule has 6 heteroatoms. The Hall–Kier alpha value is -1.92. The summed E-state index contributed by atoms with van der Waals surface area (Å²) in [4.78, 5) is 14.3. The average Bonchev–Trinajstić information content (AvgIpc) is 2.72. The van der Waals surface area contributed by atoms with Crippen molar-refractivity contribution in [3.8, 4) is 0 Å². The van der Waals surface area contributed by atoms with Crippen LogP contribution in [0.3, 0.4) is 0 Å². The van der Waals surface area contributed by atoms with Crippen LogP contribution < -0.4 is 5.32 Å². The molecule has 0 saturated carbocycles. The van der Waals surface area contributed by atoms with Crippen molar-refractivity contribution in [2.45, 2.75) is 37.4 Å². The average molecular weight is 417 g/mol. The van der Waals surface area contributed by atoms with Crippen LogP contribution in [0.4, 0.5) is 0 Å². The molecule has 0 unspecified atom stereocenters. The zero-order chi connectivity index (χ0) is 20.7. The summed E-state index contributed by atoms with van der Waals surface area (Å²) in [6.07, 6.45) is 1.68. The molecular weight excluding hydrogens is 388 g/mol. The predicted octanol–water partition coefficient (Wildman–Crippen LogP) is 2.43. The molecule has 1 amide bonds. The van der Waals surface area contributed by atoms with Gasteiger partial charge in [0.05, 0.1) is 19.1 Å². The number of nitrogens with one attached hydrogen (secondary N) is 1. The van der Waals surface area contributed by atoms with Gasteiger partial charge in [0.25, 0.3) is 0 Å². The molecule has 1 aliphatic heterocycles. The lowest BCUT2D eigenvalue weighted by Crippen LogP contribution is -2.62. The Kier molecular flexibility index (Phi) is 7.67. The number of carbonyl (C=O) groups excluding carboxylic acids is 1. The predicted molar refractivity (Wildman–Crippen MR) is 115 cm³/mol. The molecule has 0 radical (unpaired) electrons. The van der Waals surface area contributed by atoms with E-state index >= 15 is 0 Å². The maximum absolute atomic E-state index is 12.7. The van der Waals surface area contributed by atoms with Crippen LogP contribution in [-0.2, 0) is 17.6 Å². The van der Waals surface area contributed by atoms with Crippen molar-refractivity contribution in [3.63, 3.8) is 0 Å². The highest BCUT2D eigenvalue weighted by atomic mass is 35.5. The molecule has 0 aliphatic carbocycles. The molecule has 5 nitrogen and oxygen atoms in total. The fourth-order valence-electron chi connectivity index (χ4n) is 3.70. The standard InChI is InChI=1S/C23H29ClN2O3/c24-20-10-8-19(9-11-20)15-22(28)26-14-12-21(27)23(29,17-26)16-25-13-4-7-18-5-2-1-3-6-18/h1-3,5-6,8-11,21,25,27,29H,4,7,12-17H2/t21-,23+/m0/s1.